The van der Waals surface area contributed by atoms with Crippen molar-refractivity contribution < 1.29 is 23.1 Å². The van der Waals surface area contributed by atoms with Gasteiger partial charge in [-0.3, -0.25) is 9.59 Å². The Morgan fingerprint density at radius 3 is 2.38 bits per heavy atom. The molecule has 0 aliphatic heterocycles. The van der Waals surface area contributed by atoms with Gasteiger partial charge in [0.15, 0.2) is 5.78 Å². The third-order valence-electron chi connectivity index (χ3n) is 3.91. The van der Waals surface area contributed by atoms with Crippen molar-refractivity contribution in [2.45, 2.75) is 24.7 Å². The molecule has 26 heavy (non-hydrogen) atoms. The van der Waals surface area contributed by atoms with E-state index in [1.165, 1.54) is 24.3 Å². The summed E-state index contributed by atoms with van der Waals surface area (Å²) in [7, 11) is -3.68. The lowest BCUT2D eigenvalue weighted by Crippen LogP contribution is -2.24. The van der Waals surface area contributed by atoms with Gasteiger partial charge in [-0.2, -0.15) is 0 Å². The zero-order valence-corrected chi connectivity index (χ0v) is 15.2. The van der Waals surface area contributed by atoms with Crippen molar-refractivity contribution in [2.24, 2.45) is 5.92 Å². The number of carboxylic acid groups (broad SMARTS) is 1. The van der Waals surface area contributed by atoms with Crippen LogP contribution in [0.25, 0.3) is 0 Å². The molecule has 0 aliphatic rings. The zero-order chi connectivity index (χ0) is 19.2. The van der Waals surface area contributed by atoms with Gasteiger partial charge in [0.05, 0.1) is 10.8 Å². The Morgan fingerprint density at radius 1 is 1.08 bits per heavy atom. The van der Waals surface area contributed by atoms with Crippen LogP contribution >= 0.6 is 0 Å². The lowest BCUT2D eigenvalue weighted by molar-refractivity contribution is -0.141. The van der Waals surface area contributed by atoms with Crippen LogP contribution in [0.5, 0.6) is 0 Å². The van der Waals surface area contributed by atoms with Crippen molar-refractivity contribution in [3.8, 4) is 0 Å². The molecule has 0 aromatic heterocycles. The van der Waals surface area contributed by atoms with Crippen LogP contribution in [0.3, 0.4) is 0 Å². The number of rotatable bonds is 9. The number of carbonyl (C=O) groups excluding carboxylic acids is 1. The van der Waals surface area contributed by atoms with Crippen LogP contribution in [0.4, 0.5) is 0 Å². The highest BCUT2D eigenvalue weighted by Crippen LogP contribution is 2.18. The fourth-order valence-corrected chi connectivity index (χ4v) is 3.68. The first-order valence-electron chi connectivity index (χ1n) is 8.23. The normalized spacial score (nSPS) is 12.5. The van der Waals surface area contributed by atoms with Gasteiger partial charge in [0, 0.05) is 18.5 Å². The lowest BCUT2D eigenvalue weighted by Gasteiger charge is -2.12. The summed E-state index contributed by atoms with van der Waals surface area (Å²) in [6.45, 7) is 1.90. The monoisotopic (exact) mass is 375 g/mol. The first-order valence-corrected chi connectivity index (χ1v) is 9.71. The minimum Gasteiger partial charge on any atom is -0.481 e. The summed E-state index contributed by atoms with van der Waals surface area (Å²) in [5.74, 6) is -2.33. The first kappa shape index (κ1) is 19.8. The predicted octanol–water partition coefficient (Wildman–Crippen LogP) is 2.50. The lowest BCUT2D eigenvalue weighted by atomic mass is 9.92. The number of carboxylic acids is 1. The van der Waals surface area contributed by atoms with Crippen LogP contribution in [0.1, 0.15) is 29.3 Å². The van der Waals surface area contributed by atoms with Gasteiger partial charge in [-0.1, -0.05) is 49.4 Å². The standard InChI is InChI=1S/C19H21NO5S/c1-2-20-26(24,25)17-10-6-9-15(12-17)18(21)13-16(19(22)23)11-14-7-4-3-5-8-14/h3-10,12,16,20H,2,11,13H2,1H3,(H,22,23). The number of hydrogen-bond acceptors (Lipinski definition) is 4. The van der Waals surface area contributed by atoms with E-state index in [0.29, 0.717) is 0 Å². The molecule has 0 spiro atoms. The molecule has 7 heteroatoms. The van der Waals surface area contributed by atoms with Crippen molar-refractivity contribution in [1.82, 2.24) is 4.72 Å². The third kappa shape index (κ3) is 5.24. The number of Topliss-reactive ketones (excluding diaryl/α,β-unsaturated/α-hetero) is 1. The Kier molecular flexibility index (Phi) is 6.65. The van der Waals surface area contributed by atoms with E-state index in [-0.39, 0.29) is 29.8 Å². The molecule has 0 fully saturated rings. The van der Waals surface area contributed by atoms with Crippen LogP contribution in [0.2, 0.25) is 0 Å². The molecular formula is C19H21NO5S. The Morgan fingerprint density at radius 2 is 1.77 bits per heavy atom. The Labute approximate surface area is 152 Å². The minimum absolute atomic E-state index is 0.0138. The molecule has 1 atom stereocenters. The number of ketones is 1. The molecule has 1 unspecified atom stereocenters. The predicted molar refractivity (Wildman–Crippen MR) is 97.5 cm³/mol. The zero-order valence-electron chi connectivity index (χ0n) is 14.4. The summed E-state index contributed by atoms with van der Waals surface area (Å²) in [6, 6.07) is 14.7. The highest BCUT2D eigenvalue weighted by Gasteiger charge is 2.23. The Balaban J connectivity index is 2.18. The second kappa shape index (κ2) is 8.73. The number of sulfonamides is 1. The maximum Gasteiger partial charge on any atom is 0.307 e. The number of nitrogens with one attached hydrogen (secondary N) is 1. The maximum atomic E-state index is 12.5. The third-order valence-corrected chi connectivity index (χ3v) is 5.45. The van der Waals surface area contributed by atoms with Crippen molar-refractivity contribution in [3.63, 3.8) is 0 Å². The van der Waals surface area contributed by atoms with E-state index >= 15 is 0 Å². The van der Waals surface area contributed by atoms with Crippen LogP contribution in [-0.2, 0) is 21.2 Å². The van der Waals surface area contributed by atoms with E-state index in [4.69, 9.17) is 0 Å². The molecule has 2 aromatic rings. The molecule has 0 amide bonds. The van der Waals surface area contributed by atoms with Crippen molar-refractivity contribution >= 4 is 21.8 Å². The van der Waals surface area contributed by atoms with Gasteiger partial charge < -0.3 is 5.11 Å². The molecule has 0 heterocycles. The van der Waals surface area contributed by atoms with Crippen molar-refractivity contribution in [1.29, 1.82) is 0 Å². The van der Waals surface area contributed by atoms with E-state index in [1.807, 2.05) is 30.3 Å². The van der Waals surface area contributed by atoms with Crippen molar-refractivity contribution in [3.05, 3.63) is 65.7 Å². The smallest absolute Gasteiger partial charge is 0.307 e. The van der Waals surface area contributed by atoms with Crippen molar-refractivity contribution in [2.75, 3.05) is 6.54 Å². The number of carbonyl (C=O) groups is 2. The Bertz CT molecular complexity index is 878. The van der Waals surface area contributed by atoms with Gasteiger partial charge in [0.2, 0.25) is 10.0 Å². The summed E-state index contributed by atoms with van der Waals surface area (Å²) in [6.07, 6.45) is 0.0340. The Hall–Kier alpha value is -2.51. The number of hydrogen-bond donors (Lipinski definition) is 2. The van der Waals surface area contributed by atoms with E-state index in [2.05, 4.69) is 4.72 Å². The first-order chi connectivity index (χ1) is 12.3. The SMILES string of the molecule is CCNS(=O)(=O)c1cccc(C(=O)CC(Cc2ccccc2)C(=O)O)c1. The molecule has 0 saturated carbocycles. The molecular weight excluding hydrogens is 354 g/mol. The molecule has 0 radical (unpaired) electrons. The number of benzene rings is 2. The molecule has 2 rings (SSSR count). The van der Waals surface area contributed by atoms with E-state index in [0.717, 1.165) is 5.56 Å². The minimum atomic E-state index is -3.68. The summed E-state index contributed by atoms with van der Waals surface area (Å²) < 4.78 is 26.5. The topological polar surface area (TPSA) is 101 Å². The van der Waals surface area contributed by atoms with E-state index < -0.39 is 27.7 Å². The summed E-state index contributed by atoms with van der Waals surface area (Å²) in [4.78, 5) is 24.0. The molecule has 2 N–H and O–H groups in total. The largest absolute Gasteiger partial charge is 0.481 e. The molecule has 0 saturated heterocycles. The van der Waals surface area contributed by atoms with Crippen LogP contribution in [0, 0.1) is 5.92 Å². The van der Waals surface area contributed by atoms with Gasteiger partial charge in [0.25, 0.3) is 0 Å². The fourth-order valence-electron chi connectivity index (χ4n) is 2.60. The molecule has 0 bridgehead atoms. The molecule has 6 nitrogen and oxygen atoms in total. The van der Waals surface area contributed by atoms with Crippen LogP contribution in [-0.4, -0.2) is 31.8 Å². The summed E-state index contributed by atoms with van der Waals surface area (Å²) in [5.41, 5.74) is 1.01. The van der Waals surface area contributed by atoms with Crippen LogP contribution < -0.4 is 4.72 Å². The maximum absolute atomic E-state index is 12.5. The average Bonchev–Trinajstić information content (AvgIpc) is 2.62. The summed E-state index contributed by atoms with van der Waals surface area (Å²) >= 11 is 0. The fraction of sp³-hybridized carbons (Fsp3) is 0.263. The summed E-state index contributed by atoms with van der Waals surface area (Å²) in [5, 5.41) is 9.43. The van der Waals surface area contributed by atoms with Gasteiger partial charge in [-0.15, -0.1) is 0 Å². The van der Waals surface area contributed by atoms with E-state index in [1.54, 1.807) is 6.92 Å². The molecule has 0 aliphatic carbocycles. The van der Waals surface area contributed by atoms with Crippen LogP contribution in [0.15, 0.2) is 59.5 Å². The quantitative estimate of drug-likeness (QED) is 0.656. The second-order valence-electron chi connectivity index (χ2n) is 5.88. The van der Waals surface area contributed by atoms with E-state index in [9.17, 15) is 23.1 Å². The highest BCUT2D eigenvalue weighted by molar-refractivity contribution is 7.89. The highest BCUT2D eigenvalue weighted by atomic mass is 32.2. The van der Waals surface area contributed by atoms with Gasteiger partial charge in [-0.05, 0) is 24.1 Å². The van der Waals surface area contributed by atoms with Gasteiger partial charge >= 0.3 is 5.97 Å². The van der Waals surface area contributed by atoms with Gasteiger partial charge in [0.1, 0.15) is 0 Å². The molecule has 138 valence electrons. The second-order valence-corrected chi connectivity index (χ2v) is 7.65. The van der Waals surface area contributed by atoms with Gasteiger partial charge in [-0.25, -0.2) is 13.1 Å². The molecule has 2 aromatic carbocycles. The number of aliphatic carboxylic acids is 1. The average molecular weight is 375 g/mol.